The lowest BCUT2D eigenvalue weighted by molar-refractivity contribution is -0.150. The van der Waals surface area contributed by atoms with Gasteiger partial charge in [-0.15, -0.1) is 0 Å². The number of carbonyl (C=O) groups excluding carboxylic acids is 1. The van der Waals surface area contributed by atoms with Gasteiger partial charge in [0.05, 0.1) is 12.5 Å². The van der Waals surface area contributed by atoms with Crippen LogP contribution in [0.1, 0.15) is 123 Å². The Hall–Kier alpha value is -0.530. The Morgan fingerprint density at radius 2 is 1.26 bits per heavy atom. The van der Waals surface area contributed by atoms with Crippen LogP contribution in [0.15, 0.2) is 0 Å². The Morgan fingerprint density at radius 1 is 0.704 bits per heavy atom. The number of carbonyl (C=O) groups is 1. The maximum atomic E-state index is 12.2. The molecule has 2 aliphatic rings. The van der Waals surface area contributed by atoms with Crippen molar-refractivity contribution in [2.24, 2.45) is 23.7 Å². The van der Waals surface area contributed by atoms with E-state index in [-0.39, 0.29) is 11.9 Å². The van der Waals surface area contributed by atoms with E-state index in [1.165, 1.54) is 89.9 Å². The largest absolute Gasteiger partial charge is 0.465 e. The summed E-state index contributed by atoms with van der Waals surface area (Å²) in [6, 6.07) is 0. The van der Waals surface area contributed by atoms with Gasteiger partial charge in [0.2, 0.25) is 0 Å². The van der Waals surface area contributed by atoms with Gasteiger partial charge in [0, 0.05) is 0 Å². The molecular formula is C25H46O2. The molecule has 0 heterocycles. The Morgan fingerprint density at radius 3 is 1.89 bits per heavy atom. The molecule has 2 heteroatoms. The highest BCUT2D eigenvalue weighted by Crippen LogP contribution is 2.42. The van der Waals surface area contributed by atoms with E-state index in [4.69, 9.17) is 4.74 Å². The third-order valence-corrected chi connectivity index (χ3v) is 7.37. The molecule has 27 heavy (non-hydrogen) atoms. The van der Waals surface area contributed by atoms with E-state index in [0.29, 0.717) is 6.61 Å². The molecule has 2 nitrogen and oxygen atoms in total. The lowest BCUT2D eigenvalue weighted by Crippen LogP contribution is -2.29. The van der Waals surface area contributed by atoms with Crippen molar-refractivity contribution in [1.82, 2.24) is 0 Å². The van der Waals surface area contributed by atoms with Crippen LogP contribution >= 0.6 is 0 Å². The van der Waals surface area contributed by atoms with Gasteiger partial charge in [-0.05, 0) is 62.7 Å². The maximum absolute atomic E-state index is 12.2. The highest BCUT2D eigenvalue weighted by molar-refractivity contribution is 5.72. The lowest BCUT2D eigenvalue weighted by atomic mass is 9.68. The summed E-state index contributed by atoms with van der Waals surface area (Å²) in [5, 5.41) is 0. The van der Waals surface area contributed by atoms with E-state index in [2.05, 4.69) is 13.8 Å². The standard InChI is InChI=1S/C25H46O2/c1-3-5-7-8-9-11-21-12-14-22(15-13-21)23-16-18-24(19-17-23)25(26)27-20-10-6-4-2/h21-24H,3-20H2,1-2H3/t21-,22-,23-,24-. The SMILES string of the molecule is CCCCCCC[C@H]1CC[C@H]([C@H]2CC[C@H](C(=O)OCCCCC)CC2)CC1. The molecule has 158 valence electrons. The number of hydrogen-bond acceptors (Lipinski definition) is 2. The van der Waals surface area contributed by atoms with Crippen molar-refractivity contribution in [3.8, 4) is 0 Å². The zero-order valence-corrected chi connectivity index (χ0v) is 18.4. The van der Waals surface area contributed by atoms with Gasteiger partial charge in [0.1, 0.15) is 0 Å². The smallest absolute Gasteiger partial charge is 0.308 e. The van der Waals surface area contributed by atoms with Crippen LogP contribution in [0.2, 0.25) is 0 Å². The molecule has 0 atom stereocenters. The minimum atomic E-state index is 0.0938. The van der Waals surface area contributed by atoms with E-state index in [9.17, 15) is 4.79 Å². The summed E-state index contributed by atoms with van der Waals surface area (Å²) in [7, 11) is 0. The normalized spacial score (nSPS) is 28.8. The molecule has 0 aliphatic heterocycles. The average Bonchev–Trinajstić information content (AvgIpc) is 2.71. The molecular weight excluding hydrogens is 332 g/mol. The Labute approximate surface area is 169 Å². The van der Waals surface area contributed by atoms with Crippen molar-refractivity contribution >= 4 is 5.97 Å². The zero-order chi connectivity index (χ0) is 19.3. The predicted molar refractivity (Wildman–Crippen MR) is 115 cm³/mol. The summed E-state index contributed by atoms with van der Waals surface area (Å²) in [4.78, 5) is 12.2. The average molecular weight is 379 g/mol. The van der Waals surface area contributed by atoms with Crippen LogP contribution in [0.3, 0.4) is 0 Å². The molecule has 2 fully saturated rings. The first-order valence-electron chi connectivity index (χ1n) is 12.4. The fourth-order valence-corrected chi connectivity index (χ4v) is 5.45. The number of hydrogen-bond donors (Lipinski definition) is 0. The van der Waals surface area contributed by atoms with Gasteiger partial charge in [-0.25, -0.2) is 0 Å². The highest BCUT2D eigenvalue weighted by Gasteiger charge is 2.33. The maximum Gasteiger partial charge on any atom is 0.308 e. The molecule has 0 bridgehead atoms. The van der Waals surface area contributed by atoms with Crippen LogP contribution in [0.4, 0.5) is 0 Å². The van der Waals surface area contributed by atoms with E-state index >= 15 is 0 Å². The molecule has 0 spiro atoms. The number of unbranched alkanes of at least 4 members (excludes halogenated alkanes) is 6. The molecule has 0 unspecified atom stereocenters. The molecule has 2 saturated carbocycles. The van der Waals surface area contributed by atoms with Crippen LogP contribution in [-0.4, -0.2) is 12.6 Å². The Kier molecular flexibility index (Phi) is 11.5. The van der Waals surface area contributed by atoms with E-state index in [0.717, 1.165) is 37.0 Å². The minimum Gasteiger partial charge on any atom is -0.465 e. The summed E-state index contributed by atoms with van der Waals surface area (Å²) in [6.07, 6.45) is 22.5. The van der Waals surface area contributed by atoms with Gasteiger partial charge >= 0.3 is 5.97 Å². The van der Waals surface area contributed by atoms with Crippen LogP contribution < -0.4 is 0 Å². The molecule has 0 N–H and O–H groups in total. The minimum absolute atomic E-state index is 0.0938. The zero-order valence-electron chi connectivity index (χ0n) is 18.4. The van der Waals surface area contributed by atoms with Gasteiger partial charge in [-0.2, -0.15) is 0 Å². The van der Waals surface area contributed by atoms with Crippen molar-refractivity contribution in [3.63, 3.8) is 0 Å². The fourth-order valence-electron chi connectivity index (χ4n) is 5.45. The Bertz CT molecular complexity index is 376. The second-order valence-corrected chi connectivity index (χ2v) is 9.47. The molecule has 0 saturated heterocycles. The molecule has 2 rings (SSSR count). The summed E-state index contributed by atoms with van der Waals surface area (Å²) in [5.74, 6) is 3.14. The van der Waals surface area contributed by atoms with Gasteiger partial charge in [-0.1, -0.05) is 78.1 Å². The quantitative estimate of drug-likeness (QED) is 0.257. The highest BCUT2D eigenvalue weighted by atomic mass is 16.5. The first-order valence-corrected chi connectivity index (χ1v) is 12.4. The van der Waals surface area contributed by atoms with Gasteiger partial charge in [-0.3, -0.25) is 4.79 Å². The van der Waals surface area contributed by atoms with Crippen LogP contribution in [0.25, 0.3) is 0 Å². The second-order valence-electron chi connectivity index (χ2n) is 9.47. The molecule has 0 aromatic rings. The van der Waals surface area contributed by atoms with E-state index in [1.807, 2.05) is 0 Å². The summed E-state index contributed by atoms with van der Waals surface area (Å²) < 4.78 is 5.50. The third-order valence-electron chi connectivity index (χ3n) is 7.37. The summed E-state index contributed by atoms with van der Waals surface area (Å²) >= 11 is 0. The molecule has 0 amide bonds. The van der Waals surface area contributed by atoms with E-state index in [1.54, 1.807) is 0 Å². The van der Waals surface area contributed by atoms with Crippen molar-refractivity contribution in [3.05, 3.63) is 0 Å². The van der Waals surface area contributed by atoms with Gasteiger partial charge < -0.3 is 4.74 Å². The fraction of sp³-hybridized carbons (Fsp3) is 0.960. The lowest BCUT2D eigenvalue weighted by Gasteiger charge is -2.37. The number of esters is 1. The summed E-state index contributed by atoms with van der Waals surface area (Å²) in [5.41, 5.74) is 0. The van der Waals surface area contributed by atoms with Crippen molar-refractivity contribution in [1.29, 1.82) is 0 Å². The third kappa shape index (κ3) is 8.57. The van der Waals surface area contributed by atoms with Crippen LogP contribution in [0, 0.1) is 23.7 Å². The second kappa shape index (κ2) is 13.6. The van der Waals surface area contributed by atoms with Gasteiger partial charge in [0.15, 0.2) is 0 Å². The molecule has 0 radical (unpaired) electrons. The predicted octanol–water partition coefficient (Wildman–Crippen LogP) is 7.69. The van der Waals surface area contributed by atoms with Gasteiger partial charge in [0.25, 0.3) is 0 Å². The summed E-state index contributed by atoms with van der Waals surface area (Å²) in [6.45, 7) is 5.12. The van der Waals surface area contributed by atoms with Crippen molar-refractivity contribution in [2.75, 3.05) is 6.61 Å². The first-order chi connectivity index (χ1) is 13.2. The monoisotopic (exact) mass is 378 g/mol. The molecule has 2 aliphatic carbocycles. The van der Waals surface area contributed by atoms with Crippen molar-refractivity contribution < 1.29 is 9.53 Å². The first kappa shape index (κ1) is 22.8. The molecule has 0 aromatic heterocycles. The number of ether oxygens (including phenoxy) is 1. The molecule has 0 aromatic carbocycles. The van der Waals surface area contributed by atoms with E-state index < -0.39 is 0 Å². The topological polar surface area (TPSA) is 26.3 Å². The van der Waals surface area contributed by atoms with Crippen LogP contribution in [0.5, 0.6) is 0 Å². The van der Waals surface area contributed by atoms with Crippen LogP contribution in [-0.2, 0) is 9.53 Å². The number of rotatable bonds is 12. The van der Waals surface area contributed by atoms with Crippen molar-refractivity contribution in [2.45, 2.75) is 123 Å². The Balaban J connectivity index is 1.56.